The maximum Gasteiger partial charge on any atom is 0.258 e. The summed E-state index contributed by atoms with van der Waals surface area (Å²) in [6, 6.07) is 11.5. The van der Waals surface area contributed by atoms with Crippen LogP contribution in [-0.2, 0) is 11.3 Å². The van der Waals surface area contributed by atoms with Crippen LogP contribution in [0.2, 0.25) is 0 Å². The summed E-state index contributed by atoms with van der Waals surface area (Å²) in [5, 5.41) is 9.71. The fourth-order valence-corrected chi connectivity index (χ4v) is 4.16. The van der Waals surface area contributed by atoms with Crippen LogP contribution in [-0.4, -0.2) is 17.3 Å². The van der Waals surface area contributed by atoms with Crippen molar-refractivity contribution in [3.63, 3.8) is 0 Å². The second-order valence-electron chi connectivity index (χ2n) is 7.09. The Morgan fingerprint density at radius 3 is 2.75 bits per heavy atom. The van der Waals surface area contributed by atoms with Gasteiger partial charge in [0.05, 0.1) is 24.1 Å². The maximum atomic E-state index is 13.5. The van der Waals surface area contributed by atoms with Crippen molar-refractivity contribution in [2.75, 3.05) is 6.61 Å². The largest absolute Gasteiger partial charge is 0.440 e. The van der Waals surface area contributed by atoms with Gasteiger partial charge in [-0.05, 0) is 37.5 Å². The third-order valence-corrected chi connectivity index (χ3v) is 5.83. The predicted molar refractivity (Wildman–Crippen MR) is 108 cm³/mol. The van der Waals surface area contributed by atoms with E-state index in [2.05, 4.69) is 22.0 Å². The number of halogens is 1. The molecule has 1 aromatic carbocycles. The minimum absolute atomic E-state index is 0.0288. The molecule has 2 aliphatic heterocycles. The first-order chi connectivity index (χ1) is 13.5. The molecule has 144 valence electrons. The normalized spacial score (nSPS) is 21.2. The van der Waals surface area contributed by atoms with Crippen LogP contribution in [0.3, 0.4) is 0 Å². The summed E-state index contributed by atoms with van der Waals surface area (Å²) in [7, 11) is 0. The molecule has 28 heavy (non-hydrogen) atoms. The van der Waals surface area contributed by atoms with Gasteiger partial charge < -0.3 is 19.8 Å². The van der Waals surface area contributed by atoms with Gasteiger partial charge in [-0.1, -0.05) is 28.1 Å². The van der Waals surface area contributed by atoms with E-state index in [0.717, 1.165) is 35.2 Å². The van der Waals surface area contributed by atoms with Gasteiger partial charge in [0, 0.05) is 22.8 Å². The number of benzene rings is 1. The summed E-state index contributed by atoms with van der Waals surface area (Å²) in [4.78, 5) is 13.5. The third-order valence-electron chi connectivity index (χ3n) is 5.30. The standard InChI is InChI=1S/C21H20BrN3O3/c1-12-9-17-19(21(26)25(12)11-15-3-2-8-27-15)18(16(10-23)20(24)28-17)13-4-6-14(22)7-5-13/h4-7,9,15,18H,2-3,8,11,24H2,1H3. The SMILES string of the molecule is Cc1cc2c(c(=O)n1CC1CCCO1)C(c1ccc(Br)cc1)C(C#N)=C(N)O2. The molecule has 0 bridgehead atoms. The van der Waals surface area contributed by atoms with Crippen LogP contribution in [0, 0.1) is 18.3 Å². The molecule has 1 aromatic heterocycles. The van der Waals surface area contributed by atoms with Crippen molar-refractivity contribution in [2.45, 2.75) is 38.3 Å². The Balaban J connectivity index is 1.89. The van der Waals surface area contributed by atoms with Crippen molar-refractivity contribution in [3.8, 4) is 11.8 Å². The maximum absolute atomic E-state index is 13.5. The highest BCUT2D eigenvalue weighted by atomic mass is 79.9. The van der Waals surface area contributed by atoms with Gasteiger partial charge >= 0.3 is 0 Å². The number of hydrogen-bond acceptors (Lipinski definition) is 5. The van der Waals surface area contributed by atoms with Crippen molar-refractivity contribution in [2.24, 2.45) is 5.73 Å². The van der Waals surface area contributed by atoms with Gasteiger partial charge in [0.2, 0.25) is 5.88 Å². The molecule has 3 heterocycles. The molecule has 2 unspecified atom stereocenters. The Morgan fingerprint density at radius 2 is 2.11 bits per heavy atom. The summed E-state index contributed by atoms with van der Waals surface area (Å²) >= 11 is 3.42. The molecule has 0 radical (unpaired) electrons. The zero-order chi connectivity index (χ0) is 19.8. The van der Waals surface area contributed by atoms with Gasteiger partial charge in [-0.15, -0.1) is 0 Å². The first-order valence-electron chi connectivity index (χ1n) is 9.18. The summed E-state index contributed by atoms with van der Waals surface area (Å²) in [6.45, 7) is 3.09. The van der Waals surface area contributed by atoms with Gasteiger partial charge in [0.1, 0.15) is 17.4 Å². The fraction of sp³-hybridized carbons (Fsp3) is 0.333. The summed E-state index contributed by atoms with van der Waals surface area (Å²) < 4.78 is 14.0. The van der Waals surface area contributed by atoms with Crippen molar-refractivity contribution < 1.29 is 9.47 Å². The predicted octanol–water partition coefficient (Wildman–Crippen LogP) is 3.32. The molecule has 0 amide bonds. The topological polar surface area (TPSA) is 90.3 Å². The number of fused-ring (bicyclic) bond motifs is 1. The van der Waals surface area contributed by atoms with Gasteiger partial charge in [0.25, 0.3) is 5.56 Å². The average molecular weight is 442 g/mol. The van der Waals surface area contributed by atoms with Crippen molar-refractivity contribution >= 4 is 15.9 Å². The molecule has 6 nitrogen and oxygen atoms in total. The van der Waals surface area contributed by atoms with E-state index < -0.39 is 5.92 Å². The second-order valence-corrected chi connectivity index (χ2v) is 8.01. The van der Waals surface area contributed by atoms with Crippen LogP contribution >= 0.6 is 15.9 Å². The number of pyridine rings is 1. The molecule has 2 aliphatic rings. The summed E-state index contributed by atoms with van der Waals surface area (Å²) in [5.41, 5.74) is 8.15. The second kappa shape index (κ2) is 7.46. The zero-order valence-electron chi connectivity index (χ0n) is 15.4. The minimum atomic E-state index is -0.564. The van der Waals surface area contributed by atoms with Crippen molar-refractivity contribution in [1.29, 1.82) is 5.26 Å². The Morgan fingerprint density at radius 1 is 1.36 bits per heavy atom. The molecule has 0 aliphatic carbocycles. The number of nitriles is 1. The highest BCUT2D eigenvalue weighted by Crippen LogP contribution is 2.40. The molecule has 2 aromatic rings. The number of hydrogen-bond donors (Lipinski definition) is 1. The molecule has 2 atom stereocenters. The van der Waals surface area contributed by atoms with Gasteiger partial charge in [0.15, 0.2) is 0 Å². The molecule has 0 saturated carbocycles. The number of ether oxygens (including phenoxy) is 2. The fourth-order valence-electron chi connectivity index (χ4n) is 3.89. The van der Waals surface area contributed by atoms with E-state index in [4.69, 9.17) is 15.2 Å². The van der Waals surface area contributed by atoms with Crippen LogP contribution in [0.15, 0.2) is 51.1 Å². The monoisotopic (exact) mass is 441 g/mol. The van der Waals surface area contributed by atoms with E-state index in [-0.39, 0.29) is 23.1 Å². The summed E-state index contributed by atoms with van der Waals surface area (Å²) in [5.74, 6) is -0.111. The molecule has 1 fully saturated rings. The Kier molecular flexibility index (Phi) is 5.00. The Labute approximate surface area is 171 Å². The lowest BCUT2D eigenvalue weighted by Crippen LogP contribution is -2.35. The van der Waals surface area contributed by atoms with Crippen molar-refractivity contribution in [3.05, 3.63) is 73.4 Å². The lowest BCUT2D eigenvalue weighted by atomic mass is 9.84. The molecule has 0 spiro atoms. The quantitative estimate of drug-likeness (QED) is 0.788. The highest BCUT2D eigenvalue weighted by molar-refractivity contribution is 9.10. The van der Waals surface area contributed by atoms with E-state index in [0.29, 0.717) is 17.9 Å². The third kappa shape index (κ3) is 3.23. The lowest BCUT2D eigenvalue weighted by Gasteiger charge is -2.28. The van der Waals surface area contributed by atoms with E-state index in [1.165, 1.54) is 0 Å². The number of allylic oxidation sites excluding steroid dienone is 1. The number of nitrogens with zero attached hydrogens (tertiary/aromatic N) is 2. The summed E-state index contributed by atoms with van der Waals surface area (Å²) in [6.07, 6.45) is 1.97. The molecule has 7 heteroatoms. The van der Waals surface area contributed by atoms with Crippen LogP contribution in [0.5, 0.6) is 5.75 Å². The number of rotatable bonds is 3. The Hall–Kier alpha value is -2.56. The van der Waals surface area contributed by atoms with Crippen molar-refractivity contribution in [1.82, 2.24) is 4.57 Å². The van der Waals surface area contributed by atoms with Crippen LogP contribution in [0.25, 0.3) is 0 Å². The molecular weight excluding hydrogens is 422 g/mol. The Bertz CT molecular complexity index is 1040. The van der Waals surface area contributed by atoms with Gasteiger partial charge in [-0.2, -0.15) is 5.26 Å². The average Bonchev–Trinajstić information content (AvgIpc) is 3.18. The smallest absolute Gasteiger partial charge is 0.258 e. The van der Waals surface area contributed by atoms with Crippen LogP contribution in [0.1, 0.15) is 35.6 Å². The number of aromatic nitrogens is 1. The van der Waals surface area contributed by atoms with E-state index in [1.54, 1.807) is 4.57 Å². The highest BCUT2D eigenvalue weighted by Gasteiger charge is 2.34. The molecule has 1 saturated heterocycles. The number of aryl methyl sites for hydroxylation is 1. The first-order valence-corrected chi connectivity index (χ1v) is 9.98. The van der Waals surface area contributed by atoms with E-state index in [9.17, 15) is 10.1 Å². The number of nitrogens with two attached hydrogens (primary N) is 1. The van der Waals surface area contributed by atoms with Crippen LogP contribution in [0.4, 0.5) is 0 Å². The molecule has 4 rings (SSSR count). The van der Waals surface area contributed by atoms with E-state index in [1.807, 2.05) is 37.3 Å². The van der Waals surface area contributed by atoms with Gasteiger partial charge in [-0.3, -0.25) is 4.79 Å². The zero-order valence-corrected chi connectivity index (χ0v) is 17.0. The minimum Gasteiger partial charge on any atom is -0.440 e. The van der Waals surface area contributed by atoms with Crippen LogP contribution < -0.4 is 16.0 Å². The van der Waals surface area contributed by atoms with Gasteiger partial charge in [-0.25, -0.2) is 0 Å². The lowest BCUT2D eigenvalue weighted by molar-refractivity contribution is 0.0955. The first kappa shape index (κ1) is 18.8. The molecular formula is C21H20BrN3O3. The van der Waals surface area contributed by atoms with E-state index >= 15 is 0 Å². The molecule has 2 N–H and O–H groups in total.